The van der Waals surface area contributed by atoms with E-state index in [4.69, 9.17) is 5.73 Å². The van der Waals surface area contributed by atoms with E-state index in [1.807, 2.05) is 13.0 Å². The summed E-state index contributed by atoms with van der Waals surface area (Å²) in [5.41, 5.74) is 7.94. The highest BCUT2D eigenvalue weighted by atomic mass is 19.1. The zero-order valence-corrected chi connectivity index (χ0v) is 7.92. The van der Waals surface area contributed by atoms with E-state index in [0.717, 1.165) is 16.5 Å². The van der Waals surface area contributed by atoms with Gasteiger partial charge in [0.25, 0.3) is 0 Å². The van der Waals surface area contributed by atoms with Crippen molar-refractivity contribution in [3.8, 4) is 0 Å². The van der Waals surface area contributed by atoms with Crippen molar-refractivity contribution in [2.45, 2.75) is 13.5 Å². The number of pyridine rings is 1. The Bertz CT molecular complexity index is 480. The zero-order chi connectivity index (χ0) is 10.1. The molecule has 0 unspecified atom stereocenters. The Hall–Kier alpha value is -1.48. The Balaban J connectivity index is 2.84. The van der Waals surface area contributed by atoms with Crippen LogP contribution in [0.2, 0.25) is 0 Å². The van der Waals surface area contributed by atoms with Crippen molar-refractivity contribution in [1.29, 1.82) is 0 Å². The van der Waals surface area contributed by atoms with Crippen LogP contribution in [-0.2, 0) is 6.54 Å². The van der Waals surface area contributed by atoms with Gasteiger partial charge < -0.3 is 5.73 Å². The van der Waals surface area contributed by atoms with Crippen LogP contribution >= 0.6 is 0 Å². The second kappa shape index (κ2) is 3.35. The van der Waals surface area contributed by atoms with Crippen LogP contribution in [-0.4, -0.2) is 4.98 Å². The summed E-state index contributed by atoms with van der Waals surface area (Å²) in [7, 11) is 0. The van der Waals surface area contributed by atoms with E-state index in [1.165, 1.54) is 6.07 Å². The maximum Gasteiger partial charge on any atom is 0.149 e. The van der Waals surface area contributed by atoms with Crippen molar-refractivity contribution in [3.63, 3.8) is 0 Å². The summed E-state index contributed by atoms with van der Waals surface area (Å²) in [5, 5.41) is 0.841. The van der Waals surface area contributed by atoms with Crippen LogP contribution in [0.1, 0.15) is 11.1 Å². The van der Waals surface area contributed by atoms with Crippen LogP contribution in [0.15, 0.2) is 24.4 Å². The molecule has 1 aromatic heterocycles. The maximum atomic E-state index is 13.3. The summed E-state index contributed by atoms with van der Waals surface area (Å²) in [6.45, 7) is 2.37. The number of hydrogen-bond donors (Lipinski definition) is 1. The molecule has 0 saturated carbocycles. The summed E-state index contributed by atoms with van der Waals surface area (Å²) in [6, 6.07) is 4.96. The molecule has 0 aliphatic heterocycles. The first kappa shape index (κ1) is 9.09. The van der Waals surface area contributed by atoms with Crippen molar-refractivity contribution in [1.82, 2.24) is 4.98 Å². The number of aromatic nitrogens is 1. The lowest BCUT2D eigenvalue weighted by Crippen LogP contribution is -2.01. The van der Waals surface area contributed by atoms with Gasteiger partial charge in [-0.1, -0.05) is 12.1 Å². The molecule has 2 N–H and O–H groups in total. The Morgan fingerprint density at radius 2 is 2.21 bits per heavy atom. The third kappa shape index (κ3) is 1.26. The van der Waals surface area contributed by atoms with Gasteiger partial charge in [0.15, 0.2) is 0 Å². The minimum absolute atomic E-state index is 0.283. The third-order valence-electron chi connectivity index (χ3n) is 2.44. The molecule has 0 fully saturated rings. The Morgan fingerprint density at radius 3 is 2.93 bits per heavy atom. The molecule has 3 heteroatoms. The van der Waals surface area contributed by atoms with Gasteiger partial charge in [-0.3, -0.25) is 4.98 Å². The summed E-state index contributed by atoms with van der Waals surface area (Å²) in [5.74, 6) is -0.283. The van der Waals surface area contributed by atoms with Gasteiger partial charge in [0.05, 0.1) is 0 Å². The number of rotatable bonds is 1. The van der Waals surface area contributed by atoms with Gasteiger partial charge >= 0.3 is 0 Å². The molecule has 2 aromatic rings. The number of nitrogens with two attached hydrogens (primary N) is 1. The third-order valence-corrected chi connectivity index (χ3v) is 2.44. The van der Waals surface area contributed by atoms with Crippen LogP contribution in [0.4, 0.5) is 4.39 Å². The highest BCUT2D eigenvalue weighted by Crippen LogP contribution is 2.21. The van der Waals surface area contributed by atoms with Gasteiger partial charge in [-0.2, -0.15) is 0 Å². The smallest absolute Gasteiger partial charge is 0.149 e. The minimum atomic E-state index is -0.283. The second-order valence-corrected chi connectivity index (χ2v) is 3.25. The van der Waals surface area contributed by atoms with Crippen molar-refractivity contribution < 1.29 is 4.39 Å². The van der Waals surface area contributed by atoms with Gasteiger partial charge in [0, 0.05) is 18.1 Å². The first-order chi connectivity index (χ1) is 6.74. The van der Waals surface area contributed by atoms with Gasteiger partial charge in [0.2, 0.25) is 0 Å². The number of para-hydroxylation sites is 1. The molecule has 0 aliphatic rings. The van der Waals surface area contributed by atoms with Crippen LogP contribution in [0.5, 0.6) is 0 Å². The van der Waals surface area contributed by atoms with Gasteiger partial charge in [-0.25, -0.2) is 4.39 Å². The quantitative estimate of drug-likeness (QED) is 0.748. The van der Waals surface area contributed by atoms with Crippen molar-refractivity contribution in [3.05, 3.63) is 41.3 Å². The lowest BCUT2D eigenvalue weighted by molar-refractivity contribution is 0.636. The Morgan fingerprint density at radius 1 is 1.43 bits per heavy atom. The molecule has 14 heavy (non-hydrogen) atoms. The topological polar surface area (TPSA) is 38.9 Å². The normalized spacial score (nSPS) is 10.8. The summed E-state index contributed by atoms with van der Waals surface area (Å²) >= 11 is 0. The maximum absolute atomic E-state index is 13.3. The predicted octanol–water partition coefficient (Wildman–Crippen LogP) is 2.14. The van der Waals surface area contributed by atoms with Gasteiger partial charge in [-0.15, -0.1) is 0 Å². The van der Waals surface area contributed by atoms with E-state index in [0.29, 0.717) is 12.1 Å². The second-order valence-electron chi connectivity index (χ2n) is 3.25. The van der Waals surface area contributed by atoms with Crippen molar-refractivity contribution in [2.75, 3.05) is 0 Å². The van der Waals surface area contributed by atoms with Crippen LogP contribution in [0.3, 0.4) is 0 Å². The van der Waals surface area contributed by atoms with E-state index in [1.54, 1.807) is 12.3 Å². The zero-order valence-electron chi connectivity index (χ0n) is 7.92. The molecular formula is C11H11FN2. The molecule has 2 nitrogen and oxygen atoms in total. The lowest BCUT2D eigenvalue weighted by Gasteiger charge is -2.06. The molecule has 0 radical (unpaired) electrons. The van der Waals surface area contributed by atoms with E-state index in [2.05, 4.69) is 4.98 Å². The average Bonchev–Trinajstić information content (AvgIpc) is 2.20. The predicted molar refractivity (Wildman–Crippen MR) is 54.3 cm³/mol. The Kier molecular flexibility index (Phi) is 2.17. The molecule has 0 amide bonds. The van der Waals surface area contributed by atoms with E-state index in [9.17, 15) is 4.39 Å². The number of aryl methyl sites for hydroxylation is 1. The van der Waals surface area contributed by atoms with E-state index in [-0.39, 0.29) is 5.82 Å². The average molecular weight is 190 g/mol. The van der Waals surface area contributed by atoms with Crippen LogP contribution in [0.25, 0.3) is 10.9 Å². The van der Waals surface area contributed by atoms with Gasteiger partial charge in [0.1, 0.15) is 11.3 Å². The minimum Gasteiger partial charge on any atom is -0.326 e. The monoisotopic (exact) mass is 190 g/mol. The molecule has 72 valence electrons. The molecule has 0 atom stereocenters. The summed E-state index contributed by atoms with van der Waals surface area (Å²) in [6.07, 6.45) is 1.64. The summed E-state index contributed by atoms with van der Waals surface area (Å²) < 4.78 is 13.3. The van der Waals surface area contributed by atoms with E-state index < -0.39 is 0 Å². The molecule has 0 bridgehead atoms. The molecule has 1 aromatic carbocycles. The summed E-state index contributed by atoms with van der Waals surface area (Å²) in [4.78, 5) is 4.06. The first-order valence-electron chi connectivity index (χ1n) is 4.47. The molecule has 0 saturated heterocycles. The van der Waals surface area contributed by atoms with Crippen molar-refractivity contribution in [2.24, 2.45) is 5.73 Å². The van der Waals surface area contributed by atoms with Crippen LogP contribution < -0.4 is 5.73 Å². The number of benzene rings is 1. The molecule has 0 aliphatic carbocycles. The number of halogens is 1. The SMILES string of the molecule is Cc1c(CN)cnc2c(F)cccc12. The lowest BCUT2D eigenvalue weighted by atomic mass is 10.1. The first-order valence-corrected chi connectivity index (χ1v) is 4.47. The molecule has 2 rings (SSSR count). The molecule has 0 spiro atoms. The highest BCUT2D eigenvalue weighted by molar-refractivity contribution is 5.83. The van der Waals surface area contributed by atoms with Crippen LogP contribution in [0, 0.1) is 12.7 Å². The molecule has 1 heterocycles. The highest BCUT2D eigenvalue weighted by Gasteiger charge is 2.06. The molecular weight excluding hydrogens is 179 g/mol. The fraction of sp³-hybridized carbons (Fsp3) is 0.182. The Labute approximate surface area is 81.6 Å². The fourth-order valence-electron chi connectivity index (χ4n) is 1.57. The fourth-order valence-corrected chi connectivity index (χ4v) is 1.57. The number of nitrogens with zero attached hydrogens (tertiary/aromatic N) is 1. The van der Waals surface area contributed by atoms with Gasteiger partial charge in [-0.05, 0) is 24.1 Å². The van der Waals surface area contributed by atoms with Crippen molar-refractivity contribution >= 4 is 10.9 Å². The van der Waals surface area contributed by atoms with E-state index >= 15 is 0 Å². The largest absolute Gasteiger partial charge is 0.326 e. The standard InChI is InChI=1S/C11H11FN2/c1-7-8(5-13)6-14-11-9(7)3-2-4-10(11)12/h2-4,6H,5,13H2,1H3. The number of fused-ring (bicyclic) bond motifs is 1. The number of hydrogen-bond acceptors (Lipinski definition) is 2.